The monoisotopic (exact) mass is 291 g/mol. The minimum Gasteiger partial charge on any atom is -0.496 e. The molecule has 1 aromatic carbocycles. The summed E-state index contributed by atoms with van der Waals surface area (Å²) < 4.78 is 5.55. The molecule has 0 aromatic heterocycles. The molecule has 1 unspecified atom stereocenters. The van der Waals surface area contributed by atoms with Gasteiger partial charge < -0.3 is 10.1 Å². The van der Waals surface area contributed by atoms with E-state index < -0.39 is 0 Å². The Hall–Kier alpha value is -1.02. The minimum absolute atomic E-state index is 0.328. The van der Waals surface area contributed by atoms with Crippen LogP contribution >= 0.6 is 0 Å². The molecule has 1 rings (SSSR count). The van der Waals surface area contributed by atoms with E-state index in [-0.39, 0.29) is 0 Å². The lowest BCUT2D eigenvalue weighted by molar-refractivity contribution is 0.220. The number of unbranched alkanes of at least 4 members (excludes halogenated alkanes) is 1. The number of nitrogens with one attached hydrogen (secondary N) is 1. The van der Waals surface area contributed by atoms with Gasteiger partial charge >= 0.3 is 0 Å². The highest BCUT2D eigenvalue weighted by molar-refractivity contribution is 5.34. The van der Waals surface area contributed by atoms with E-state index in [1.165, 1.54) is 31.2 Å². The summed E-state index contributed by atoms with van der Waals surface area (Å²) in [6.45, 7) is 10.1. The zero-order valence-electron chi connectivity index (χ0n) is 14.5. The molecule has 0 saturated carbocycles. The van der Waals surface area contributed by atoms with E-state index in [1.54, 1.807) is 7.11 Å². The van der Waals surface area contributed by atoms with Crippen LogP contribution in [-0.2, 0) is 6.42 Å². The first kappa shape index (κ1) is 18.0. The Morgan fingerprint density at radius 3 is 2.48 bits per heavy atom. The van der Waals surface area contributed by atoms with Crippen LogP contribution in [0.3, 0.4) is 0 Å². The van der Waals surface area contributed by atoms with Crippen molar-refractivity contribution < 1.29 is 4.74 Å². The maximum Gasteiger partial charge on any atom is 0.122 e. The molecule has 0 amide bonds. The average molecular weight is 291 g/mol. The van der Waals surface area contributed by atoms with Gasteiger partial charge in [0, 0.05) is 12.6 Å². The summed E-state index contributed by atoms with van der Waals surface area (Å²) in [5, 5.41) is 3.66. The zero-order chi connectivity index (χ0) is 15.7. The molecular formula is C19H33NO. The largest absolute Gasteiger partial charge is 0.496 e. The van der Waals surface area contributed by atoms with E-state index in [9.17, 15) is 0 Å². The second-order valence-corrected chi connectivity index (χ2v) is 6.48. The Kier molecular flexibility index (Phi) is 7.81. The quantitative estimate of drug-likeness (QED) is 0.667. The molecule has 0 aliphatic carbocycles. The Labute approximate surface area is 131 Å². The van der Waals surface area contributed by atoms with Crippen LogP contribution < -0.4 is 10.1 Å². The number of ether oxygens (including phenoxy) is 1. The topological polar surface area (TPSA) is 21.3 Å². The molecule has 0 spiro atoms. The van der Waals surface area contributed by atoms with E-state index in [0.717, 1.165) is 18.7 Å². The zero-order valence-corrected chi connectivity index (χ0v) is 14.5. The van der Waals surface area contributed by atoms with Gasteiger partial charge in [-0.05, 0) is 36.3 Å². The molecule has 2 heteroatoms. The number of hydrogen-bond donors (Lipinski definition) is 1. The number of methoxy groups -OCH3 is 1. The molecule has 0 radical (unpaired) electrons. The number of rotatable bonds is 10. The molecular weight excluding hydrogens is 258 g/mol. The van der Waals surface area contributed by atoms with Gasteiger partial charge in [0.05, 0.1) is 7.11 Å². The van der Waals surface area contributed by atoms with E-state index in [1.807, 2.05) is 6.07 Å². The standard InChI is InChI=1S/C19H33NO/c1-6-8-13-19(7-2,15-20-16(3)4)14-17-11-9-10-12-18(17)21-5/h9-12,16,20H,6-8,13-15H2,1-5H3. The van der Waals surface area contributed by atoms with Crippen molar-refractivity contribution in [2.45, 2.75) is 65.8 Å². The van der Waals surface area contributed by atoms with Gasteiger partial charge in [-0.25, -0.2) is 0 Å². The molecule has 0 aliphatic rings. The van der Waals surface area contributed by atoms with Gasteiger partial charge in [-0.15, -0.1) is 0 Å². The number of hydrogen-bond acceptors (Lipinski definition) is 2. The lowest BCUT2D eigenvalue weighted by Gasteiger charge is -2.35. The Balaban J connectivity index is 2.93. The van der Waals surface area contributed by atoms with Crippen LogP contribution in [0.2, 0.25) is 0 Å². The van der Waals surface area contributed by atoms with Crippen molar-refractivity contribution in [2.24, 2.45) is 5.41 Å². The maximum absolute atomic E-state index is 5.55. The van der Waals surface area contributed by atoms with Crippen molar-refractivity contribution in [1.29, 1.82) is 0 Å². The second-order valence-electron chi connectivity index (χ2n) is 6.48. The van der Waals surface area contributed by atoms with Crippen LogP contribution in [0.4, 0.5) is 0 Å². The predicted octanol–water partition coefficient (Wildman–Crippen LogP) is 4.82. The predicted molar refractivity (Wildman–Crippen MR) is 92.1 cm³/mol. The molecule has 0 saturated heterocycles. The first-order valence-electron chi connectivity index (χ1n) is 8.42. The third kappa shape index (κ3) is 5.70. The summed E-state index contributed by atoms with van der Waals surface area (Å²) in [4.78, 5) is 0. The van der Waals surface area contributed by atoms with Crippen LogP contribution in [0, 0.1) is 5.41 Å². The van der Waals surface area contributed by atoms with E-state index in [4.69, 9.17) is 4.74 Å². The molecule has 0 fully saturated rings. The van der Waals surface area contributed by atoms with E-state index in [2.05, 4.69) is 51.2 Å². The van der Waals surface area contributed by atoms with Crippen molar-refractivity contribution in [3.05, 3.63) is 29.8 Å². The molecule has 1 N–H and O–H groups in total. The van der Waals surface area contributed by atoms with Crippen molar-refractivity contribution in [3.8, 4) is 5.75 Å². The summed E-state index contributed by atoms with van der Waals surface area (Å²) in [5.41, 5.74) is 1.66. The number of para-hydroxylation sites is 1. The molecule has 0 aliphatic heterocycles. The summed E-state index contributed by atoms with van der Waals surface area (Å²) >= 11 is 0. The van der Waals surface area contributed by atoms with E-state index >= 15 is 0 Å². The third-order valence-electron chi connectivity index (χ3n) is 4.45. The van der Waals surface area contributed by atoms with Gasteiger partial charge in [0.1, 0.15) is 5.75 Å². The lowest BCUT2D eigenvalue weighted by Crippen LogP contribution is -2.39. The Bertz CT molecular complexity index is 402. The maximum atomic E-state index is 5.55. The van der Waals surface area contributed by atoms with Crippen molar-refractivity contribution >= 4 is 0 Å². The van der Waals surface area contributed by atoms with E-state index in [0.29, 0.717) is 11.5 Å². The van der Waals surface area contributed by atoms with Gasteiger partial charge in [0.25, 0.3) is 0 Å². The molecule has 2 nitrogen and oxygen atoms in total. The van der Waals surface area contributed by atoms with Crippen LogP contribution in [0.5, 0.6) is 5.75 Å². The molecule has 21 heavy (non-hydrogen) atoms. The first-order valence-corrected chi connectivity index (χ1v) is 8.42. The molecule has 120 valence electrons. The van der Waals surface area contributed by atoms with Gasteiger partial charge in [0.15, 0.2) is 0 Å². The van der Waals surface area contributed by atoms with Gasteiger partial charge in [-0.1, -0.05) is 58.7 Å². The van der Waals surface area contributed by atoms with Crippen molar-refractivity contribution in [2.75, 3.05) is 13.7 Å². The SMILES string of the molecule is CCCCC(CC)(CNC(C)C)Cc1ccccc1OC. The average Bonchev–Trinajstić information content (AvgIpc) is 2.50. The summed E-state index contributed by atoms with van der Waals surface area (Å²) in [5.74, 6) is 1.02. The molecule has 0 bridgehead atoms. The molecule has 1 aromatic rings. The highest BCUT2D eigenvalue weighted by Gasteiger charge is 2.29. The third-order valence-corrected chi connectivity index (χ3v) is 4.45. The Morgan fingerprint density at radius 1 is 1.19 bits per heavy atom. The van der Waals surface area contributed by atoms with Gasteiger partial charge in [0.2, 0.25) is 0 Å². The smallest absolute Gasteiger partial charge is 0.122 e. The van der Waals surface area contributed by atoms with Crippen molar-refractivity contribution in [3.63, 3.8) is 0 Å². The fraction of sp³-hybridized carbons (Fsp3) is 0.684. The fourth-order valence-electron chi connectivity index (χ4n) is 2.89. The highest BCUT2D eigenvalue weighted by atomic mass is 16.5. The Morgan fingerprint density at radius 2 is 1.90 bits per heavy atom. The van der Waals surface area contributed by atoms with Crippen LogP contribution in [-0.4, -0.2) is 19.7 Å². The summed E-state index contributed by atoms with van der Waals surface area (Å²) in [6.07, 6.45) is 6.12. The van der Waals surface area contributed by atoms with Crippen LogP contribution in [0.15, 0.2) is 24.3 Å². The van der Waals surface area contributed by atoms with Gasteiger partial charge in [-0.3, -0.25) is 0 Å². The van der Waals surface area contributed by atoms with Crippen LogP contribution in [0.1, 0.15) is 58.9 Å². The summed E-state index contributed by atoms with van der Waals surface area (Å²) in [7, 11) is 1.77. The highest BCUT2D eigenvalue weighted by Crippen LogP contribution is 2.35. The van der Waals surface area contributed by atoms with Gasteiger partial charge in [-0.2, -0.15) is 0 Å². The van der Waals surface area contributed by atoms with Crippen molar-refractivity contribution in [1.82, 2.24) is 5.32 Å². The molecule has 0 heterocycles. The normalized spacial score (nSPS) is 14.2. The molecule has 1 atom stereocenters. The lowest BCUT2D eigenvalue weighted by atomic mass is 9.75. The fourth-order valence-corrected chi connectivity index (χ4v) is 2.89. The first-order chi connectivity index (χ1) is 10.1. The summed E-state index contributed by atoms with van der Waals surface area (Å²) in [6, 6.07) is 8.99. The minimum atomic E-state index is 0.328. The second kappa shape index (κ2) is 9.09. The number of benzene rings is 1. The van der Waals surface area contributed by atoms with Crippen LogP contribution in [0.25, 0.3) is 0 Å².